The van der Waals surface area contributed by atoms with Crippen molar-refractivity contribution in [2.24, 2.45) is 0 Å². The van der Waals surface area contributed by atoms with Crippen LogP contribution in [0.25, 0.3) is 0 Å². The van der Waals surface area contributed by atoms with E-state index in [1.807, 2.05) is 6.08 Å². The number of carbonyl (C=O) groups is 1. The van der Waals surface area contributed by atoms with E-state index < -0.39 is 0 Å². The Morgan fingerprint density at radius 3 is 3.12 bits per heavy atom. The zero-order valence-corrected chi connectivity index (χ0v) is 4.59. The summed E-state index contributed by atoms with van der Waals surface area (Å²) in [6.07, 6.45) is 5.07. The quantitative estimate of drug-likeness (QED) is 0.502. The molecule has 0 atom stereocenters. The number of hydrogen-bond acceptors (Lipinski definition) is 2. The molecule has 0 unspecified atom stereocenters. The van der Waals surface area contributed by atoms with Gasteiger partial charge in [-0.3, -0.25) is 4.79 Å². The summed E-state index contributed by atoms with van der Waals surface area (Å²) in [5.74, 6) is 0.833. The van der Waals surface area contributed by atoms with Gasteiger partial charge in [0.25, 0.3) is 6.47 Å². The second-order valence-corrected chi connectivity index (χ2v) is 1.78. The molecule has 0 aromatic rings. The molecule has 1 rings (SSSR count). The van der Waals surface area contributed by atoms with E-state index in [2.05, 4.69) is 4.74 Å². The predicted molar refractivity (Wildman–Crippen MR) is 29.1 cm³/mol. The Bertz CT molecular complexity index is 116. The lowest BCUT2D eigenvalue weighted by atomic mass is 10.4. The molecule has 0 amide bonds. The van der Waals surface area contributed by atoms with Gasteiger partial charge in [0.1, 0.15) is 5.76 Å². The van der Waals surface area contributed by atoms with Gasteiger partial charge in [-0.1, -0.05) is 0 Å². The van der Waals surface area contributed by atoms with Gasteiger partial charge in [0, 0.05) is 6.42 Å². The Balaban J connectivity index is 2.33. The minimum atomic E-state index is 0.483. The van der Waals surface area contributed by atoms with Gasteiger partial charge in [0.2, 0.25) is 0 Å². The van der Waals surface area contributed by atoms with E-state index >= 15 is 0 Å². The highest BCUT2D eigenvalue weighted by molar-refractivity contribution is 5.40. The first-order valence-electron chi connectivity index (χ1n) is 2.73. The van der Waals surface area contributed by atoms with Crippen LogP contribution < -0.4 is 0 Å². The van der Waals surface area contributed by atoms with E-state index in [9.17, 15) is 4.79 Å². The fourth-order valence-electron chi connectivity index (χ4n) is 0.810. The summed E-state index contributed by atoms with van der Waals surface area (Å²) in [6.45, 7) is 0.483. The van der Waals surface area contributed by atoms with Crippen molar-refractivity contribution in [1.29, 1.82) is 0 Å². The molecule has 0 heterocycles. The molecule has 0 saturated carbocycles. The van der Waals surface area contributed by atoms with Gasteiger partial charge in [-0.05, 0) is 18.9 Å². The van der Waals surface area contributed by atoms with Crippen molar-refractivity contribution >= 4 is 6.47 Å². The largest absolute Gasteiger partial charge is 0.434 e. The van der Waals surface area contributed by atoms with Gasteiger partial charge in [0.05, 0.1) is 0 Å². The standard InChI is InChI=1S/C6H8O2/c7-5-8-6-3-1-2-4-6/h3,5H,1-2,4H2. The van der Waals surface area contributed by atoms with Crippen molar-refractivity contribution in [2.75, 3.05) is 0 Å². The fraction of sp³-hybridized carbons (Fsp3) is 0.500. The van der Waals surface area contributed by atoms with Gasteiger partial charge in [-0.15, -0.1) is 0 Å². The van der Waals surface area contributed by atoms with E-state index in [0.29, 0.717) is 6.47 Å². The minimum Gasteiger partial charge on any atom is -0.434 e. The molecule has 1 aliphatic carbocycles. The lowest BCUT2D eigenvalue weighted by Gasteiger charge is -1.92. The van der Waals surface area contributed by atoms with E-state index in [1.165, 1.54) is 0 Å². The molecule has 0 N–H and O–H groups in total. The van der Waals surface area contributed by atoms with Crippen molar-refractivity contribution in [1.82, 2.24) is 0 Å². The lowest BCUT2D eigenvalue weighted by Crippen LogP contribution is -1.83. The Hall–Kier alpha value is -0.790. The van der Waals surface area contributed by atoms with Crippen LogP contribution in [0.4, 0.5) is 0 Å². The molecule has 8 heavy (non-hydrogen) atoms. The first kappa shape index (κ1) is 5.35. The minimum absolute atomic E-state index is 0.483. The molecule has 2 heteroatoms. The monoisotopic (exact) mass is 112 g/mol. The van der Waals surface area contributed by atoms with Crippen LogP contribution >= 0.6 is 0 Å². The first-order chi connectivity index (χ1) is 3.93. The molecule has 0 spiro atoms. The molecule has 1 aliphatic rings. The van der Waals surface area contributed by atoms with Crippen molar-refractivity contribution in [3.05, 3.63) is 11.8 Å². The topological polar surface area (TPSA) is 26.3 Å². The zero-order valence-electron chi connectivity index (χ0n) is 4.59. The number of allylic oxidation sites excluding steroid dienone is 2. The second kappa shape index (κ2) is 2.50. The van der Waals surface area contributed by atoms with E-state index in [1.54, 1.807) is 0 Å². The lowest BCUT2D eigenvalue weighted by molar-refractivity contribution is -0.125. The maximum absolute atomic E-state index is 9.70. The van der Waals surface area contributed by atoms with Crippen molar-refractivity contribution in [2.45, 2.75) is 19.3 Å². The smallest absolute Gasteiger partial charge is 0.298 e. The summed E-state index contributed by atoms with van der Waals surface area (Å²) in [5, 5.41) is 0. The normalized spacial score (nSPS) is 17.8. The van der Waals surface area contributed by atoms with E-state index in [-0.39, 0.29) is 0 Å². The highest BCUT2D eigenvalue weighted by Gasteiger charge is 2.03. The van der Waals surface area contributed by atoms with E-state index in [0.717, 1.165) is 25.0 Å². The maximum atomic E-state index is 9.70. The van der Waals surface area contributed by atoms with Crippen LogP contribution in [0.2, 0.25) is 0 Å². The molecule has 0 aliphatic heterocycles. The summed E-state index contributed by atoms with van der Waals surface area (Å²) in [5.41, 5.74) is 0. The summed E-state index contributed by atoms with van der Waals surface area (Å²) in [6, 6.07) is 0. The molecule has 0 fully saturated rings. The Kier molecular flexibility index (Phi) is 1.67. The molecule has 0 saturated heterocycles. The Morgan fingerprint density at radius 2 is 2.62 bits per heavy atom. The van der Waals surface area contributed by atoms with Crippen molar-refractivity contribution < 1.29 is 9.53 Å². The van der Waals surface area contributed by atoms with E-state index in [4.69, 9.17) is 0 Å². The average molecular weight is 112 g/mol. The first-order valence-corrected chi connectivity index (χ1v) is 2.73. The second-order valence-electron chi connectivity index (χ2n) is 1.78. The Morgan fingerprint density at radius 1 is 1.75 bits per heavy atom. The zero-order chi connectivity index (χ0) is 5.82. The highest BCUT2D eigenvalue weighted by atomic mass is 16.5. The van der Waals surface area contributed by atoms with Gasteiger partial charge >= 0.3 is 0 Å². The van der Waals surface area contributed by atoms with Crippen LogP contribution in [0, 0.1) is 0 Å². The molecular formula is C6H8O2. The third-order valence-corrected chi connectivity index (χ3v) is 1.20. The van der Waals surface area contributed by atoms with Crippen LogP contribution in [0.3, 0.4) is 0 Å². The van der Waals surface area contributed by atoms with Gasteiger partial charge in [-0.25, -0.2) is 0 Å². The highest BCUT2D eigenvalue weighted by Crippen LogP contribution is 2.16. The SMILES string of the molecule is O=COC1=CCCC1. The molecule has 44 valence electrons. The van der Waals surface area contributed by atoms with Crippen LogP contribution in [0.1, 0.15) is 19.3 Å². The van der Waals surface area contributed by atoms with Crippen LogP contribution in [0.5, 0.6) is 0 Å². The summed E-state index contributed by atoms with van der Waals surface area (Å²) < 4.78 is 4.58. The summed E-state index contributed by atoms with van der Waals surface area (Å²) in [7, 11) is 0. The average Bonchev–Trinajstić information content (AvgIpc) is 2.19. The number of hydrogen-bond donors (Lipinski definition) is 0. The Labute approximate surface area is 48.1 Å². The van der Waals surface area contributed by atoms with Crippen LogP contribution in [-0.2, 0) is 9.53 Å². The van der Waals surface area contributed by atoms with Crippen molar-refractivity contribution in [3.63, 3.8) is 0 Å². The number of ether oxygens (including phenoxy) is 1. The molecule has 0 radical (unpaired) electrons. The predicted octanol–water partition coefficient (Wildman–Crippen LogP) is 1.23. The summed E-state index contributed by atoms with van der Waals surface area (Å²) in [4.78, 5) is 9.70. The third-order valence-electron chi connectivity index (χ3n) is 1.20. The molecular weight excluding hydrogens is 104 g/mol. The number of rotatable bonds is 2. The van der Waals surface area contributed by atoms with Crippen LogP contribution in [-0.4, -0.2) is 6.47 Å². The maximum Gasteiger partial charge on any atom is 0.298 e. The van der Waals surface area contributed by atoms with Gasteiger partial charge in [0.15, 0.2) is 0 Å². The summed E-state index contributed by atoms with van der Waals surface area (Å²) >= 11 is 0. The third kappa shape index (κ3) is 1.09. The number of carbonyl (C=O) groups excluding carboxylic acids is 1. The molecule has 2 nitrogen and oxygen atoms in total. The molecule has 0 bridgehead atoms. The van der Waals surface area contributed by atoms with Gasteiger partial charge in [-0.2, -0.15) is 0 Å². The van der Waals surface area contributed by atoms with Crippen molar-refractivity contribution in [3.8, 4) is 0 Å². The fourth-order valence-corrected chi connectivity index (χ4v) is 0.810. The molecule has 0 aromatic heterocycles. The van der Waals surface area contributed by atoms with Gasteiger partial charge < -0.3 is 4.74 Å². The van der Waals surface area contributed by atoms with Crippen LogP contribution in [0.15, 0.2) is 11.8 Å². The molecule has 0 aromatic carbocycles.